The van der Waals surface area contributed by atoms with Gasteiger partial charge in [-0.25, -0.2) is 12.7 Å². The first kappa shape index (κ1) is 13.3. The Morgan fingerprint density at radius 2 is 2.05 bits per heavy atom. The maximum Gasteiger partial charge on any atom is 0.267 e. The second-order valence-corrected chi connectivity index (χ2v) is 5.88. The van der Waals surface area contributed by atoms with Gasteiger partial charge in [-0.1, -0.05) is 12.1 Å². The second kappa shape index (κ2) is 4.88. The number of hydrogen-bond donors (Lipinski definition) is 0. The Bertz CT molecular complexity index is 638. The molecule has 19 heavy (non-hydrogen) atoms. The third-order valence-corrected chi connectivity index (χ3v) is 3.73. The first-order valence-electron chi connectivity index (χ1n) is 5.31. The van der Waals surface area contributed by atoms with Gasteiger partial charge in [0.2, 0.25) is 10.0 Å². The first-order chi connectivity index (χ1) is 8.91. The largest absolute Gasteiger partial charge is 0.435 e. The fraction of sp³-hybridized carbons (Fsp3) is 0.273. The zero-order valence-electron chi connectivity index (χ0n) is 10.4. The van der Waals surface area contributed by atoms with E-state index in [9.17, 15) is 13.2 Å². The normalized spacial score (nSPS) is 14.3. The molecule has 1 heterocycles. The van der Waals surface area contributed by atoms with Crippen molar-refractivity contribution in [3.63, 3.8) is 0 Å². The monoisotopic (exact) mass is 284 g/mol. The summed E-state index contributed by atoms with van der Waals surface area (Å²) >= 11 is 0. The number of carbonyl (C=O) groups excluding carboxylic acids is 1. The molecule has 0 spiro atoms. The van der Waals surface area contributed by atoms with E-state index in [2.05, 4.69) is 5.16 Å². The van der Waals surface area contributed by atoms with Crippen LogP contribution in [0.5, 0.6) is 0 Å². The fourth-order valence-electron chi connectivity index (χ4n) is 1.50. The Kier molecular flexibility index (Phi) is 3.43. The van der Waals surface area contributed by atoms with E-state index >= 15 is 0 Å². The highest BCUT2D eigenvalue weighted by Crippen LogP contribution is 2.16. The summed E-state index contributed by atoms with van der Waals surface area (Å²) in [6, 6.07) is 6.43. The summed E-state index contributed by atoms with van der Waals surface area (Å²) in [7, 11) is -2.42. The van der Waals surface area contributed by atoms with Gasteiger partial charge >= 0.3 is 0 Å². The van der Waals surface area contributed by atoms with E-state index in [4.69, 9.17) is 9.57 Å². The van der Waals surface area contributed by atoms with Crippen LogP contribution >= 0.6 is 0 Å². The van der Waals surface area contributed by atoms with Gasteiger partial charge in [0.05, 0.1) is 17.4 Å². The van der Waals surface area contributed by atoms with Gasteiger partial charge in [0.1, 0.15) is 0 Å². The Labute approximate surface area is 110 Å². The van der Waals surface area contributed by atoms with Crippen LogP contribution in [0.15, 0.2) is 29.4 Å². The molecular formula is C11H12N2O5S. The molecule has 0 saturated carbocycles. The number of hydrogen-bond acceptors (Lipinski definition) is 6. The molecule has 1 aromatic rings. The van der Waals surface area contributed by atoms with E-state index in [-0.39, 0.29) is 18.3 Å². The number of rotatable bonds is 3. The quantitative estimate of drug-likeness (QED) is 0.801. The number of oxime groups is 1. The minimum Gasteiger partial charge on any atom is -0.435 e. The molecule has 0 saturated heterocycles. The number of benzene rings is 1. The summed E-state index contributed by atoms with van der Waals surface area (Å²) in [5.74, 6) is -0.498. The summed E-state index contributed by atoms with van der Waals surface area (Å²) in [4.78, 5) is 16.9. The molecule has 1 aliphatic rings. The lowest BCUT2D eigenvalue weighted by molar-refractivity contribution is 0.0582. The number of amides is 1. The van der Waals surface area contributed by atoms with Gasteiger partial charge in [-0.2, -0.15) is 0 Å². The molecule has 1 amide bonds. The minimum absolute atomic E-state index is 0.0280. The molecule has 102 valence electrons. The maximum atomic E-state index is 12.2. The molecule has 1 aliphatic heterocycles. The van der Waals surface area contributed by atoms with Crippen LogP contribution in [0.2, 0.25) is 0 Å². The van der Waals surface area contributed by atoms with Crippen molar-refractivity contribution in [2.24, 2.45) is 5.16 Å². The van der Waals surface area contributed by atoms with Crippen molar-refractivity contribution in [3.8, 4) is 0 Å². The molecule has 0 aromatic heterocycles. The van der Waals surface area contributed by atoms with Gasteiger partial charge in [0, 0.05) is 7.05 Å². The van der Waals surface area contributed by atoms with Crippen molar-refractivity contribution in [1.82, 2.24) is 4.31 Å². The van der Waals surface area contributed by atoms with Crippen LogP contribution in [0, 0.1) is 0 Å². The number of nitrogens with zero attached hydrogens (tertiary/aromatic N) is 2. The Balaban J connectivity index is 2.43. The van der Waals surface area contributed by atoms with Crippen molar-refractivity contribution in [3.05, 3.63) is 35.4 Å². The summed E-state index contributed by atoms with van der Waals surface area (Å²) < 4.78 is 28.6. The fourth-order valence-corrected chi connectivity index (χ4v) is 1.90. The van der Waals surface area contributed by atoms with Crippen LogP contribution in [-0.2, 0) is 19.6 Å². The molecule has 8 heteroatoms. The minimum atomic E-state index is -3.62. The lowest BCUT2D eigenvalue weighted by atomic mass is 10.1. The predicted octanol–water partition coefficient (Wildman–Crippen LogP) is 0.384. The second-order valence-electron chi connectivity index (χ2n) is 3.87. The molecule has 0 atom stereocenters. The molecule has 1 aromatic carbocycles. The zero-order valence-corrected chi connectivity index (χ0v) is 11.2. The lowest BCUT2D eigenvalue weighted by Gasteiger charge is -2.16. The highest BCUT2D eigenvalue weighted by atomic mass is 32.2. The molecular weight excluding hydrogens is 272 g/mol. The van der Waals surface area contributed by atoms with E-state index in [1.54, 1.807) is 18.2 Å². The molecule has 0 bridgehead atoms. The Morgan fingerprint density at radius 1 is 1.37 bits per heavy atom. The third-order valence-electron chi connectivity index (χ3n) is 2.57. The van der Waals surface area contributed by atoms with Gasteiger partial charge in [-0.15, -0.1) is 0 Å². The van der Waals surface area contributed by atoms with Crippen LogP contribution < -0.4 is 0 Å². The van der Waals surface area contributed by atoms with Crippen LogP contribution in [0.25, 0.3) is 0 Å². The van der Waals surface area contributed by atoms with Gasteiger partial charge in [0.15, 0.2) is 0 Å². The average Bonchev–Trinajstić information content (AvgIpc) is 2.89. The van der Waals surface area contributed by atoms with E-state index in [1.807, 2.05) is 0 Å². The topological polar surface area (TPSA) is 85.3 Å². The molecule has 0 unspecified atom stereocenters. The average molecular weight is 284 g/mol. The maximum absolute atomic E-state index is 12.2. The van der Waals surface area contributed by atoms with Crippen molar-refractivity contribution in [2.75, 3.05) is 20.1 Å². The highest BCUT2D eigenvalue weighted by Gasteiger charge is 2.25. The lowest BCUT2D eigenvalue weighted by Crippen LogP contribution is -2.33. The van der Waals surface area contributed by atoms with Crippen LogP contribution in [-0.4, -0.2) is 44.6 Å². The zero-order chi connectivity index (χ0) is 14.0. The molecule has 0 fully saturated rings. The summed E-state index contributed by atoms with van der Waals surface area (Å²) in [6.07, 6.45) is 0.959. The van der Waals surface area contributed by atoms with Crippen molar-refractivity contribution in [2.45, 2.75) is 0 Å². The number of ether oxygens (including phenoxy) is 1. The van der Waals surface area contributed by atoms with E-state index in [0.717, 1.165) is 6.26 Å². The smallest absolute Gasteiger partial charge is 0.267 e. The standard InChI is InChI=1S/C11H12N2O5S/c1-13(19(2,15)16)11(14)9-6-4-3-5-8(9)10-12-18-7-17-10/h3-6H,7H2,1-2H3. The molecule has 7 nitrogen and oxygen atoms in total. The van der Waals surface area contributed by atoms with Gasteiger partial charge < -0.3 is 9.57 Å². The Morgan fingerprint density at radius 3 is 2.63 bits per heavy atom. The highest BCUT2D eigenvalue weighted by molar-refractivity contribution is 7.88. The number of sulfonamides is 1. The number of carbonyl (C=O) groups is 1. The van der Waals surface area contributed by atoms with Crippen LogP contribution in [0.1, 0.15) is 15.9 Å². The first-order valence-corrected chi connectivity index (χ1v) is 7.16. The van der Waals surface area contributed by atoms with E-state index < -0.39 is 15.9 Å². The Hall–Kier alpha value is -2.09. The van der Waals surface area contributed by atoms with Crippen molar-refractivity contribution >= 4 is 21.8 Å². The summed E-state index contributed by atoms with van der Waals surface area (Å²) in [5, 5.41) is 3.64. The molecule has 2 rings (SSSR count). The summed E-state index contributed by atoms with van der Waals surface area (Å²) in [6.45, 7) is -0.0280. The summed E-state index contributed by atoms with van der Waals surface area (Å²) in [5.41, 5.74) is 0.570. The van der Waals surface area contributed by atoms with Crippen molar-refractivity contribution < 1.29 is 22.8 Å². The molecule has 0 aliphatic carbocycles. The van der Waals surface area contributed by atoms with Crippen molar-refractivity contribution in [1.29, 1.82) is 0 Å². The third kappa shape index (κ3) is 2.68. The van der Waals surface area contributed by atoms with Gasteiger partial charge in [0.25, 0.3) is 18.6 Å². The van der Waals surface area contributed by atoms with Gasteiger partial charge in [-0.3, -0.25) is 4.79 Å². The van der Waals surface area contributed by atoms with Crippen LogP contribution in [0.4, 0.5) is 0 Å². The van der Waals surface area contributed by atoms with E-state index in [1.165, 1.54) is 13.1 Å². The predicted molar refractivity (Wildman–Crippen MR) is 67.0 cm³/mol. The van der Waals surface area contributed by atoms with Crippen LogP contribution in [0.3, 0.4) is 0 Å². The molecule has 0 N–H and O–H groups in total. The molecule has 0 radical (unpaired) electrons. The van der Waals surface area contributed by atoms with Gasteiger partial charge in [-0.05, 0) is 17.3 Å². The SMILES string of the molecule is CN(C(=O)c1ccccc1C1=NOCO1)S(C)(=O)=O. The van der Waals surface area contributed by atoms with E-state index in [0.29, 0.717) is 9.87 Å².